The lowest BCUT2D eigenvalue weighted by Gasteiger charge is -2.11. The minimum Gasteiger partial charge on any atom is -0.494 e. The maximum absolute atomic E-state index is 10.9. The summed E-state index contributed by atoms with van der Waals surface area (Å²) in [5, 5.41) is 22.3. The molecule has 1 rings (SSSR count). The molecule has 0 aliphatic rings. The summed E-state index contributed by atoms with van der Waals surface area (Å²) in [5.41, 5.74) is 0.286. The van der Waals surface area contributed by atoms with Gasteiger partial charge in [0.25, 0.3) is 5.69 Å². The third kappa shape index (κ3) is 3.86. The molecule has 0 amide bonds. The van der Waals surface area contributed by atoms with E-state index >= 15 is 0 Å². The molecule has 18 heavy (non-hydrogen) atoms. The quantitative estimate of drug-likeness (QED) is 0.410. The Bertz CT molecular complexity index is 397. The van der Waals surface area contributed by atoms with Crippen LogP contribution in [-0.4, -0.2) is 43.5 Å². The van der Waals surface area contributed by atoms with Crippen LogP contribution in [0.4, 0.5) is 11.4 Å². The number of nitrogens with zero attached hydrogens (tertiary/aromatic N) is 1. The lowest BCUT2D eigenvalue weighted by atomic mass is 10.2. The second-order valence-electron chi connectivity index (χ2n) is 3.37. The van der Waals surface area contributed by atoms with E-state index in [1.165, 1.54) is 13.2 Å². The molecule has 1 aromatic carbocycles. The molecule has 0 bridgehead atoms. The number of nitro benzene ring substituents is 1. The van der Waals surface area contributed by atoms with Gasteiger partial charge in [-0.1, -0.05) is 6.07 Å². The summed E-state index contributed by atoms with van der Waals surface area (Å²) in [6.45, 7) is 0.932. The summed E-state index contributed by atoms with van der Waals surface area (Å²) in [4.78, 5) is 10.4. The average molecular weight is 256 g/mol. The predicted molar refractivity (Wildman–Crippen MR) is 66.0 cm³/mol. The molecular formula is C11H16N2O5. The summed E-state index contributed by atoms with van der Waals surface area (Å²) in [7, 11) is 1.45. The number of aliphatic hydroxyl groups excluding tert-OH is 1. The van der Waals surface area contributed by atoms with E-state index in [1.807, 2.05) is 0 Å². The first kappa shape index (κ1) is 14.2. The fourth-order valence-corrected chi connectivity index (χ4v) is 1.43. The number of anilines is 1. The zero-order valence-corrected chi connectivity index (χ0v) is 10.1. The Morgan fingerprint density at radius 3 is 2.83 bits per heavy atom. The molecule has 0 spiro atoms. The van der Waals surface area contributed by atoms with Crippen LogP contribution in [0, 0.1) is 10.1 Å². The molecule has 0 fully saturated rings. The highest BCUT2D eigenvalue weighted by Gasteiger charge is 2.17. The fraction of sp³-hybridized carbons (Fsp3) is 0.455. The molecule has 0 unspecified atom stereocenters. The SMILES string of the molecule is COc1cccc([N+](=O)[O-])c1NCCOCCO. The van der Waals surface area contributed by atoms with E-state index in [9.17, 15) is 10.1 Å². The van der Waals surface area contributed by atoms with Gasteiger partial charge >= 0.3 is 0 Å². The summed E-state index contributed by atoms with van der Waals surface area (Å²) in [6.07, 6.45) is 0. The molecule has 1 aromatic rings. The first-order chi connectivity index (χ1) is 8.70. The van der Waals surface area contributed by atoms with Crippen molar-refractivity contribution in [2.24, 2.45) is 0 Å². The van der Waals surface area contributed by atoms with Gasteiger partial charge in [0.05, 0.1) is 31.9 Å². The van der Waals surface area contributed by atoms with Gasteiger partial charge in [0.15, 0.2) is 5.69 Å². The van der Waals surface area contributed by atoms with Crippen LogP contribution in [-0.2, 0) is 4.74 Å². The van der Waals surface area contributed by atoms with Gasteiger partial charge in [0.2, 0.25) is 0 Å². The number of benzene rings is 1. The summed E-state index contributed by atoms with van der Waals surface area (Å²) < 4.78 is 10.1. The van der Waals surface area contributed by atoms with E-state index in [1.54, 1.807) is 12.1 Å². The third-order valence-corrected chi connectivity index (χ3v) is 2.20. The Hall–Kier alpha value is -1.86. The van der Waals surface area contributed by atoms with Gasteiger partial charge in [0, 0.05) is 12.6 Å². The van der Waals surface area contributed by atoms with Crippen LogP contribution in [0.1, 0.15) is 0 Å². The number of nitrogens with one attached hydrogen (secondary N) is 1. The monoisotopic (exact) mass is 256 g/mol. The molecule has 2 N–H and O–H groups in total. The number of para-hydroxylation sites is 1. The van der Waals surface area contributed by atoms with Crippen LogP contribution in [0.25, 0.3) is 0 Å². The number of hydrogen-bond acceptors (Lipinski definition) is 6. The van der Waals surface area contributed by atoms with Gasteiger partial charge in [-0.3, -0.25) is 10.1 Å². The minimum absolute atomic E-state index is 0.0449. The van der Waals surface area contributed by atoms with Gasteiger partial charge in [-0.25, -0.2) is 0 Å². The van der Waals surface area contributed by atoms with Crippen LogP contribution in [0.15, 0.2) is 18.2 Å². The summed E-state index contributed by atoms with van der Waals surface area (Å²) >= 11 is 0. The molecule has 0 heterocycles. The predicted octanol–water partition coefficient (Wildman–Crippen LogP) is 1.02. The second kappa shape index (κ2) is 7.46. The normalized spacial score (nSPS) is 10.1. The van der Waals surface area contributed by atoms with Gasteiger partial charge in [-0.2, -0.15) is 0 Å². The number of aliphatic hydroxyl groups is 1. The molecule has 0 aliphatic heterocycles. The molecule has 7 nitrogen and oxygen atoms in total. The lowest BCUT2D eigenvalue weighted by molar-refractivity contribution is -0.384. The highest BCUT2D eigenvalue weighted by molar-refractivity contribution is 5.69. The molecule has 100 valence electrons. The number of hydrogen-bond donors (Lipinski definition) is 2. The molecule has 0 atom stereocenters. The van der Waals surface area contributed by atoms with E-state index < -0.39 is 4.92 Å². The van der Waals surface area contributed by atoms with Crippen molar-refractivity contribution in [3.8, 4) is 5.75 Å². The van der Waals surface area contributed by atoms with E-state index in [4.69, 9.17) is 14.6 Å². The van der Waals surface area contributed by atoms with E-state index in [-0.39, 0.29) is 18.9 Å². The van der Waals surface area contributed by atoms with E-state index in [0.29, 0.717) is 24.6 Å². The molecule has 0 saturated heterocycles. The van der Waals surface area contributed by atoms with Crippen LogP contribution in [0.5, 0.6) is 5.75 Å². The van der Waals surface area contributed by atoms with Gasteiger partial charge in [0.1, 0.15) is 5.75 Å². The van der Waals surface area contributed by atoms with Crippen molar-refractivity contribution in [2.45, 2.75) is 0 Å². The largest absolute Gasteiger partial charge is 0.494 e. The Balaban J connectivity index is 2.69. The fourth-order valence-electron chi connectivity index (χ4n) is 1.43. The first-order valence-corrected chi connectivity index (χ1v) is 5.44. The van der Waals surface area contributed by atoms with Crippen LogP contribution >= 0.6 is 0 Å². The number of ether oxygens (including phenoxy) is 2. The van der Waals surface area contributed by atoms with Gasteiger partial charge < -0.3 is 19.9 Å². The van der Waals surface area contributed by atoms with E-state index in [2.05, 4.69) is 5.32 Å². The van der Waals surface area contributed by atoms with Crippen molar-refractivity contribution < 1.29 is 19.5 Å². The maximum atomic E-state index is 10.9. The standard InChI is InChI=1S/C11H16N2O5/c1-17-10-4-2-3-9(13(15)16)11(10)12-5-7-18-8-6-14/h2-4,12,14H,5-8H2,1H3. The Kier molecular flexibility index (Phi) is 5.89. The average Bonchev–Trinajstić information content (AvgIpc) is 2.38. The highest BCUT2D eigenvalue weighted by Crippen LogP contribution is 2.33. The zero-order chi connectivity index (χ0) is 13.4. The molecule has 0 saturated carbocycles. The Labute approximate surface area is 104 Å². The van der Waals surface area contributed by atoms with Crippen LogP contribution in [0.2, 0.25) is 0 Å². The second-order valence-corrected chi connectivity index (χ2v) is 3.37. The third-order valence-electron chi connectivity index (χ3n) is 2.20. The van der Waals surface area contributed by atoms with E-state index in [0.717, 1.165) is 0 Å². The summed E-state index contributed by atoms with van der Waals surface area (Å²) in [5.74, 6) is 0.409. The Morgan fingerprint density at radius 1 is 1.44 bits per heavy atom. The summed E-state index contributed by atoms with van der Waals surface area (Å²) in [6, 6.07) is 4.60. The van der Waals surface area contributed by atoms with Crippen molar-refractivity contribution in [3.63, 3.8) is 0 Å². The van der Waals surface area contributed by atoms with Crippen molar-refractivity contribution in [3.05, 3.63) is 28.3 Å². The number of rotatable bonds is 8. The van der Waals surface area contributed by atoms with Gasteiger partial charge in [-0.15, -0.1) is 0 Å². The topological polar surface area (TPSA) is 93.9 Å². The minimum atomic E-state index is -0.473. The Morgan fingerprint density at radius 2 is 2.22 bits per heavy atom. The van der Waals surface area contributed by atoms with Crippen LogP contribution in [0.3, 0.4) is 0 Å². The first-order valence-electron chi connectivity index (χ1n) is 5.44. The van der Waals surface area contributed by atoms with Crippen molar-refractivity contribution in [2.75, 3.05) is 38.8 Å². The maximum Gasteiger partial charge on any atom is 0.296 e. The molecule has 0 aromatic heterocycles. The highest BCUT2D eigenvalue weighted by atomic mass is 16.6. The molecule has 7 heteroatoms. The van der Waals surface area contributed by atoms with Crippen molar-refractivity contribution >= 4 is 11.4 Å². The zero-order valence-electron chi connectivity index (χ0n) is 10.1. The van der Waals surface area contributed by atoms with Gasteiger partial charge in [-0.05, 0) is 6.07 Å². The molecule has 0 radical (unpaired) electrons. The van der Waals surface area contributed by atoms with Crippen molar-refractivity contribution in [1.29, 1.82) is 0 Å². The smallest absolute Gasteiger partial charge is 0.296 e. The van der Waals surface area contributed by atoms with Crippen LogP contribution < -0.4 is 10.1 Å². The number of nitro groups is 1. The van der Waals surface area contributed by atoms with Crippen molar-refractivity contribution in [1.82, 2.24) is 0 Å². The molecular weight excluding hydrogens is 240 g/mol. The lowest BCUT2D eigenvalue weighted by Crippen LogP contribution is -2.13. The molecule has 0 aliphatic carbocycles. The number of methoxy groups -OCH3 is 1.